The summed E-state index contributed by atoms with van der Waals surface area (Å²) in [4.78, 5) is 14.6. The molecule has 1 aromatic carbocycles. The molecule has 0 aliphatic carbocycles. The van der Waals surface area contributed by atoms with Gasteiger partial charge in [-0.25, -0.2) is 0 Å². The molecule has 1 saturated heterocycles. The maximum Gasteiger partial charge on any atom is 0.179 e. The summed E-state index contributed by atoms with van der Waals surface area (Å²) in [5, 5.41) is 0. The van der Waals surface area contributed by atoms with Crippen LogP contribution in [-0.2, 0) is 0 Å². The van der Waals surface area contributed by atoms with Crippen LogP contribution in [0.2, 0.25) is 0 Å². The number of ether oxygens (including phenoxy) is 1. The third-order valence-electron chi connectivity index (χ3n) is 3.66. The van der Waals surface area contributed by atoms with Crippen molar-refractivity contribution in [3.8, 4) is 5.75 Å². The fraction of sp³-hybridized carbons (Fsp3) is 0.533. The molecule has 0 spiro atoms. The highest BCUT2D eigenvalue weighted by molar-refractivity contribution is 6.00. The summed E-state index contributed by atoms with van der Waals surface area (Å²) in [7, 11) is 0. The van der Waals surface area contributed by atoms with E-state index in [2.05, 4.69) is 4.90 Å². The molecule has 0 amide bonds. The molecular formula is C15H22N2O2. The second-order valence-electron chi connectivity index (χ2n) is 4.97. The van der Waals surface area contributed by atoms with Crippen molar-refractivity contribution in [2.45, 2.75) is 32.7 Å². The van der Waals surface area contributed by atoms with Crippen LogP contribution in [0.1, 0.15) is 37.0 Å². The number of ketones is 1. The van der Waals surface area contributed by atoms with Crippen molar-refractivity contribution in [2.75, 3.05) is 25.4 Å². The topological polar surface area (TPSA) is 55.6 Å². The first-order valence-corrected chi connectivity index (χ1v) is 6.94. The third-order valence-corrected chi connectivity index (χ3v) is 3.66. The Bertz CT molecular complexity index is 453. The number of benzene rings is 1. The highest BCUT2D eigenvalue weighted by atomic mass is 16.5. The molecule has 0 radical (unpaired) electrons. The minimum absolute atomic E-state index is 0.0696. The summed E-state index contributed by atoms with van der Waals surface area (Å²) in [5.74, 6) is 0.782. The van der Waals surface area contributed by atoms with Gasteiger partial charge in [0.1, 0.15) is 5.75 Å². The van der Waals surface area contributed by atoms with E-state index in [0.29, 0.717) is 23.6 Å². The first-order chi connectivity index (χ1) is 9.13. The molecule has 4 heteroatoms. The second kappa shape index (κ2) is 6.06. The maximum absolute atomic E-state index is 12.4. The maximum atomic E-state index is 12.4. The van der Waals surface area contributed by atoms with Crippen LogP contribution >= 0.6 is 0 Å². The Labute approximate surface area is 114 Å². The van der Waals surface area contributed by atoms with Crippen molar-refractivity contribution in [1.29, 1.82) is 0 Å². The first kappa shape index (κ1) is 13.9. The molecule has 0 bridgehead atoms. The van der Waals surface area contributed by atoms with Gasteiger partial charge in [0.25, 0.3) is 0 Å². The summed E-state index contributed by atoms with van der Waals surface area (Å²) in [6.45, 7) is 6.48. The van der Waals surface area contributed by atoms with Crippen LogP contribution < -0.4 is 10.5 Å². The van der Waals surface area contributed by atoms with Gasteiger partial charge in [0.2, 0.25) is 0 Å². The molecule has 1 atom stereocenters. The number of hydrogen-bond donors (Lipinski definition) is 1. The van der Waals surface area contributed by atoms with E-state index < -0.39 is 0 Å². The Morgan fingerprint density at radius 2 is 2.11 bits per heavy atom. The lowest BCUT2D eigenvalue weighted by molar-refractivity contribution is 0.0867. The molecule has 1 fully saturated rings. The zero-order valence-electron chi connectivity index (χ0n) is 11.7. The smallest absolute Gasteiger partial charge is 0.179 e. The lowest BCUT2D eigenvalue weighted by atomic mass is 10.0. The number of carbonyl (C=O) groups is 1. The standard InChI is InChI=1S/C15H22N2O2/c1-3-19-14-7-6-12(10-13(14)16)15(18)11(2)17-8-4-5-9-17/h6-7,10-11H,3-5,8-9,16H2,1-2H3. The minimum Gasteiger partial charge on any atom is -0.492 e. The van der Waals surface area contributed by atoms with E-state index in [4.69, 9.17) is 10.5 Å². The van der Waals surface area contributed by atoms with Crippen LogP contribution in [0.25, 0.3) is 0 Å². The molecule has 1 unspecified atom stereocenters. The van der Waals surface area contributed by atoms with Crippen molar-refractivity contribution >= 4 is 11.5 Å². The SMILES string of the molecule is CCOc1ccc(C(=O)C(C)N2CCCC2)cc1N. The van der Waals surface area contributed by atoms with Crippen LogP contribution in [-0.4, -0.2) is 36.4 Å². The van der Waals surface area contributed by atoms with Gasteiger partial charge in [-0.2, -0.15) is 0 Å². The van der Waals surface area contributed by atoms with E-state index in [1.54, 1.807) is 18.2 Å². The minimum atomic E-state index is -0.0696. The van der Waals surface area contributed by atoms with Crippen LogP contribution in [0, 0.1) is 0 Å². The Morgan fingerprint density at radius 3 is 2.68 bits per heavy atom. The zero-order valence-corrected chi connectivity index (χ0v) is 11.7. The highest BCUT2D eigenvalue weighted by Gasteiger charge is 2.25. The molecule has 0 saturated carbocycles. The summed E-state index contributed by atoms with van der Waals surface area (Å²) in [6.07, 6.45) is 2.37. The summed E-state index contributed by atoms with van der Waals surface area (Å²) in [5.41, 5.74) is 7.10. The fourth-order valence-corrected chi connectivity index (χ4v) is 2.52. The van der Waals surface area contributed by atoms with Gasteiger partial charge in [-0.1, -0.05) is 0 Å². The monoisotopic (exact) mass is 262 g/mol. The number of nitrogens with zero attached hydrogens (tertiary/aromatic N) is 1. The fourth-order valence-electron chi connectivity index (χ4n) is 2.52. The number of anilines is 1. The van der Waals surface area contributed by atoms with Crippen molar-refractivity contribution in [3.63, 3.8) is 0 Å². The molecule has 2 N–H and O–H groups in total. The van der Waals surface area contributed by atoms with Crippen molar-refractivity contribution in [3.05, 3.63) is 23.8 Å². The lowest BCUT2D eigenvalue weighted by Crippen LogP contribution is -2.36. The average Bonchev–Trinajstić information content (AvgIpc) is 2.93. The van der Waals surface area contributed by atoms with E-state index in [9.17, 15) is 4.79 Å². The van der Waals surface area contributed by atoms with Crippen molar-refractivity contribution in [1.82, 2.24) is 4.90 Å². The molecule has 0 aromatic heterocycles. The molecule has 19 heavy (non-hydrogen) atoms. The van der Waals surface area contributed by atoms with E-state index >= 15 is 0 Å². The van der Waals surface area contributed by atoms with Gasteiger partial charge in [-0.05, 0) is 58.0 Å². The molecule has 4 nitrogen and oxygen atoms in total. The Kier molecular flexibility index (Phi) is 4.43. The van der Waals surface area contributed by atoms with Gasteiger partial charge in [0, 0.05) is 5.56 Å². The predicted molar refractivity (Wildman–Crippen MR) is 76.6 cm³/mol. The van der Waals surface area contributed by atoms with Gasteiger partial charge >= 0.3 is 0 Å². The molecular weight excluding hydrogens is 240 g/mol. The highest BCUT2D eigenvalue weighted by Crippen LogP contribution is 2.24. The molecule has 1 aliphatic heterocycles. The number of nitrogens with two attached hydrogens (primary N) is 1. The van der Waals surface area contributed by atoms with E-state index in [-0.39, 0.29) is 11.8 Å². The molecule has 1 aromatic rings. The molecule has 1 heterocycles. The first-order valence-electron chi connectivity index (χ1n) is 6.94. The predicted octanol–water partition coefficient (Wildman–Crippen LogP) is 2.33. The van der Waals surface area contributed by atoms with Gasteiger partial charge in [0.05, 0.1) is 18.3 Å². The summed E-state index contributed by atoms with van der Waals surface area (Å²) >= 11 is 0. The quantitative estimate of drug-likeness (QED) is 0.653. The van der Waals surface area contributed by atoms with E-state index in [1.807, 2.05) is 13.8 Å². The summed E-state index contributed by atoms with van der Waals surface area (Å²) < 4.78 is 5.38. The van der Waals surface area contributed by atoms with Crippen LogP contribution in [0.3, 0.4) is 0 Å². The number of hydrogen-bond acceptors (Lipinski definition) is 4. The number of likely N-dealkylation sites (tertiary alicyclic amines) is 1. The Hall–Kier alpha value is -1.55. The molecule has 2 rings (SSSR count). The van der Waals surface area contributed by atoms with E-state index in [1.165, 1.54) is 12.8 Å². The number of Topliss-reactive ketones (excluding diaryl/α,β-unsaturated/α-hetero) is 1. The Morgan fingerprint density at radius 1 is 1.42 bits per heavy atom. The largest absolute Gasteiger partial charge is 0.492 e. The second-order valence-corrected chi connectivity index (χ2v) is 4.97. The van der Waals surface area contributed by atoms with Crippen LogP contribution in [0.15, 0.2) is 18.2 Å². The number of nitrogen functional groups attached to an aromatic ring is 1. The lowest BCUT2D eigenvalue weighted by Gasteiger charge is -2.22. The number of carbonyl (C=O) groups excluding carboxylic acids is 1. The Balaban J connectivity index is 2.12. The van der Waals surface area contributed by atoms with Crippen molar-refractivity contribution in [2.24, 2.45) is 0 Å². The van der Waals surface area contributed by atoms with Gasteiger partial charge in [-0.3, -0.25) is 9.69 Å². The van der Waals surface area contributed by atoms with Crippen LogP contribution in [0.4, 0.5) is 5.69 Å². The third kappa shape index (κ3) is 3.07. The number of rotatable bonds is 5. The van der Waals surface area contributed by atoms with Gasteiger partial charge < -0.3 is 10.5 Å². The average molecular weight is 262 g/mol. The van der Waals surface area contributed by atoms with Crippen molar-refractivity contribution < 1.29 is 9.53 Å². The van der Waals surface area contributed by atoms with Gasteiger partial charge in [0.15, 0.2) is 5.78 Å². The molecule has 1 aliphatic rings. The molecule has 104 valence electrons. The zero-order chi connectivity index (χ0) is 13.8. The van der Waals surface area contributed by atoms with Gasteiger partial charge in [-0.15, -0.1) is 0 Å². The van der Waals surface area contributed by atoms with Crippen LogP contribution in [0.5, 0.6) is 5.75 Å². The van der Waals surface area contributed by atoms with E-state index in [0.717, 1.165) is 13.1 Å². The summed E-state index contributed by atoms with van der Waals surface area (Å²) in [6, 6.07) is 5.23. The normalized spacial score (nSPS) is 17.4.